The van der Waals surface area contributed by atoms with Gasteiger partial charge in [-0.25, -0.2) is 0 Å². The Kier molecular flexibility index (Phi) is 4.53. The van der Waals surface area contributed by atoms with Crippen LogP contribution in [0.4, 0.5) is 5.69 Å². The fraction of sp³-hybridized carbons (Fsp3) is 0.375. The van der Waals surface area contributed by atoms with Crippen LogP contribution in [0.2, 0.25) is 0 Å². The van der Waals surface area contributed by atoms with Crippen LogP contribution < -0.4 is 4.72 Å². The maximum Gasteiger partial charge on any atom is 0.203 e. The third-order valence-electron chi connectivity index (χ3n) is 4.11. The lowest BCUT2D eigenvalue weighted by molar-refractivity contribution is -0.0441. The maximum absolute atomic E-state index is 13.1. The van der Waals surface area contributed by atoms with Crippen molar-refractivity contribution in [2.75, 3.05) is 17.9 Å². The molecule has 8 heteroatoms. The molecule has 1 aliphatic heterocycles. The number of thiol groups is 1. The van der Waals surface area contributed by atoms with E-state index in [2.05, 4.69) is 9.82 Å². The normalized spacial score (nSPS) is 16.3. The van der Waals surface area contributed by atoms with Gasteiger partial charge in [0.25, 0.3) is 0 Å². The lowest BCUT2D eigenvalue weighted by atomic mass is 10.2. The second kappa shape index (κ2) is 6.46. The molecule has 0 unspecified atom stereocenters. The second-order valence-corrected chi connectivity index (χ2v) is 7.98. The number of hydrogen-bond donors (Lipinski definition) is 2. The summed E-state index contributed by atoms with van der Waals surface area (Å²) in [5.74, 6) is 0. The van der Waals surface area contributed by atoms with Crippen LogP contribution in [0.3, 0.4) is 0 Å². The van der Waals surface area contributed by atoms with E-state index >= 15 is 0 Å². The number of nitrogens with zero attached hydrogens (tertiary/aromatic N) is 2. The summed E-state index contributed by atoms with van der Waals surface area (Å²) in [6.45, 7) is 4.78. The van der Waals surface area contributed by atoms with Crippen LogP contribution in [0.25, 0.3) is 0 Å². The highest BCUT2D eigenvalue weighted by Crippen LogP contribution is 2.28. The number of carbonyl (C=O) groups is 1. The first-order chi connectivity index (χ1) is 11.4. The third-order valence-corrected chi connectivity index (χ3v) is 6.02. The molecule has 2 aromatic rings. The number of benzene rings is 1. The Hall–Kier alpha value is -2.03. The Balaban J connectivity index is 1.89. The molecule has 0 amide bonds. The Bertz CT molecular complexity index is 794. The maximum atomic E-state index is 13.1. The standard InChI is InChI=1S/C16H21N3O4S/c1-11-15(12(2)19(3)17-11)18-24(21,10-20)14-6-4-13(5-7-14)16-22-8-9-23-16/h4-7,10,16,24H,8-9H2,1-3H3,(H,18,21). The van der Waals surface area contributed by atoms with E-state index in [4.69, 9.17) is 9.47 Å². The van der Waals surface area contributed by atoms with Crippen LogP contribution in [0.1, 0.15) is 23.2 Å². The number of rotatable bonds is 5. The van der Waals surface area contributed by atoms with Crippen molar-refractivity contribution in [2.24, 2.45) is 7.05 Å². The van der Waals surface area contributed by atoms with E-state index in [1.807, 2.05) is 13.8 Å². The molecule has 24 heavy (non-hydrogen) atoms. The van der Waals surface area contributed by atoms with Gasteiger partial charge in [-0.1, -0.05) is 12.1 Å². The highest BCUT2D eigenvalue weighted by atomic mass is 32.3. The first-order valence-electron chi connectivity index (χ1n) is 7.63. The van der Waals surface area contributed by atoms with Crippen molar-refractivity contribution in [3.8, 4) is 0 Å². The van der Waals surface area contributed by atoms with Gasteiger partial charge < -0.3 is 14.2 Å². The molecule has 1 N–H and O–H groups in total. The summed E-state index contributed by atoms with van der Waals surface area (Å²) >= 11 is 0. The molecule has 1 aliphatic rings. The van der Waals surface area contributed by atoms with Gasteiger partial charge in [0.1, 0.15) is 0 Å². The van der Waals surface area contributed by atoms with E-state index in [0.29, 0.717) is 35.1 Å². The van der Waals surface area contributed by atoms with E-state index in [9.17, 15) is 9.00 Å². The van der Waals surface area contributed by atoms with Gasteiger partial charge in [0, 0.05) is 27.6 Å². The molecule has 3 rings (SSSR count). The highest BCUT2D eigenvalue weighted by molar-refractivity contribution is 8.16. The smallest absolute Gasteiger partial charge is 0.203 e. The Morgan fingerprint density at radius 2 is 1.88 bits per heavy atom. The molecule has 1 saturated heterocycles. The zero-order valence-electron chi connectivity index (χ0n) is 13.9. The van der Waals surface area contributed by atoms with Gasteiger partial charge in [0.2, 0.25) is 5.62 Å². The minimum Gasteiger partial charge on any atom is -0.346 e. The molecule has 2 heterocycles. The molecule has 1 aromatic heterocycles. The molecule has 0 saturated carbocycles. The van der Waals surface area contributed by atoms with Crippen LogP contribution >= 0.6 is 0 Å². The first-order valence-corrected chi connectivity index (χ1v) is 9.40. The van der Waals surface area contributed by atoms with E-state index in [1.54, 1.807) is 36.0 Å². The Morgan fingerprint density at radius 3 is 2.38 bits per heavy atom. The molecular formula is C16H21N3O4S. The summed E-state index contributed by atoms with van der Waals surface area (Å²) in [6.07, 6.45) is -0.398. The van der Waals surface area contributed by atoms with E-state index in [-0.39, 0.29) is 0 Å². The van der Waals surface area contributed by atoms with Crippen molar-refractivity contribution >= 4 is 21.4 Å². The second-order valence-electron chi connectivity index (χ2n) is 5.71. The van der Waals surface area contributed by atoms with E-state index in [0.717, 1.165) is 11.3 Å². The summed E-state index contributed by atoms with van der Waals surface area (Å²) in [7, 11) is -1.63. The SMILES string of the molecule is Cc1nn(C)c(C)c1N[SH](=O)(C=O)c1ccc(C2OCCO2)cc1. The molecule has 1 fully saturated rings. The van der Waals surface area contributed by atoms with E-state index in [1.165, 1.54) is 0 Å². The molecule has 0 aliphatic carbocycles. The molecule has 0 bridgehead atoms. The molecule has 0 spiro atoms. The fourth-order valence-corrected chi connectivity index (χ4v) is 4.21. The molecule has 130 valence electrons. The molecule has 0 radical (unpaired) electrons. The van der Waals surface area contributed by atoms with Crippen LogP contribution in [-0.4, -0.2) is 32.8 Å². The zero-order chi connectivity index (χ0) is 17.3. The van der Waals surface area contributed by atoms with Crippen LogP contribution in [0.15, 0.2) is 29.2 Å². The van der Waals surface area contributed by atoms with Crippen molar-refractivity contribution in [2.45, 2.75) is 25.0 Å². The van der Waals surface area contributed by atoms with Crippen LogP contribution in [-0.2, 0) is 31.4 Å². The van der Waals surface area contributed by atoms with Crippen LogP contribution in [0, 0.1) is 13.8 Å². The first kappa shape index (κ1) is 16.8. The van der Waals surface area contributed by atoms with Gasteiger partial charge in [-0.2, -0.15) is 5.10 Å². The summed E-state index contributed by atoms with van der Waals surface area (Å²) in [6, 6.07) is 6.88. The number of carbonyl (C=O) groups excluding carboxylic acids is 1. The lowest BCUT2D eigenvalue weighted by Crippen LogP contribution is -2.24. The number of aryl methyl sites for hydroxylation is 2. The molecular weight excluding hydrogens is 330 g/mol. The molecule has 1 aromatic carbocycles. The van der Waals surface area contributed by atoms with Gasteiger partial charge in [0.15, 0.2) is 6.29 Å². The van der Waals surface area contributed by atoms with Gasteiger partial charge >= 0.3 is 0 Å². The predicted molar refractivity (Wildman–Crippen MR) is 91.9 cm³/mol. The highest BCUT2D eigenvalue weighted by Gasteiger charge is 2.23. The molecule has 7 nitrogen and oxygen atoms in total. The third kappa shape index (κ3) is 3.00. The number of nitrogens with one attached hydrogen (secondary N) is 1. The number of aromatic nitrogens is 2. The topological polar surface area (TPSA) is 82.5 Å². The summed E-state index contributed by atoms with van der Waals surface area (Å²) in [5, 5.41) is 4.27. The minimum atomic E-state index is -3.43. The van der Waals surface area contributed by atoms with Crippen molar-refractivity contribution < 1.29 is 18.5 Å². The van der Waals surface area contributed by atoms with Gasteiger partial charge in [0.05, 0.1) is 30.3 Å². The number of anilines is 1. The van der Waals surface area contributed by atoms with Crippen molar-refractivity contribution in [3.05, 3.63) is 41.2 Å². The summed E-state index contributed by atoms with van der Waals surface area (Å²) in [4.78, 5) is 12.0. The van der Waals surface area contributed by atoms with Crippen molar-refractivity contribution in [3.63, 3.8) is 0 Å². The quantitative estimate of drug-likeness (QED) is 0.633. The Morgan fingerprint density at radius 1 is 1.25 bits per heavy atom. The number of hydrogen-bond acceptors (Lipinski definition) is 5. The summed E-state index contributed by atoms with van der Waals surface area (Å²) < 4.78 is 28.6. The number of ether oxygens (including phenoxy) is 2. The largest absolute Gasteiger partial charge is 0.346 e. The van der Waals surface area contributed by atoms with Crippen LogP contribution in [0.5, 0.6) is 0 Å². The average molecular weight is 351 g/mol. The zero-order valence-corrected chi connectivity index (χ0v) is 14.7. The average Bonchev–Trinajstić information content (AvgIpc) is 3.20. The van der Waals surface area contributed by atoms with Gasteiger partial charge in [-0.05, 0) is 26.0 Å². The van der Waals surface area contributed by atoms with Gasteiger partial charge in [-0.3, -0.25) is 13.7 Å². The van der Waals surface area contributed by atoms with Crippen molar-refractivity contribution in [1.82, 2.24) is 9.78 Å². The predicted octanol–water partition coefficient (Wildman–Crippen LogP) is 1.68. The monoisotopic (exact) mass is 351 g/mol. The molecule has 0 atom stereocenters. The summed E-state index contributed by atoms with van der Waals surface area (Å²) in [5.41, 5.74) is 3.46. The Labute approximate surface area is 141 Å². The minimum absolute atomic E-state index is 0.398. The fourth-order valence-electron chi connectivity index (χ4n) is 2.66. The van der Waals surface area contributed by atoms with Gasteiger partial charge in [-0.15, -0.1) is 0 Å². The lowest BCUT2D eigenvalue weighted by Gasteiger charge is -2.21. The van der Waals surface area contributed by atoms with Crippen molar-refractivity contribution in [1.29, 1.82) is 0 Å². The van der Waals surface area contributed by atoms with E-state index < -0.39 is 16.4 Å².